The lowest BCUT2D eigenvalue weighted by Gasteiger charge is -2.16. The van der Waals surface area contributed by atoms with Gasteiger partial charge in [0.05, 0.1) is 23.4 Å². The minimum absolute atomic E-state index is 0.310. The largest absolute Gasteiger partial charge is 0.496 e. The van der Waals surface area contributed by atoms with Gasteiger partial charge in [0.2, 0.25) is 0 Å². The van der Waals surface area contributed by atoms with Gasteiger partial charge in [-0.1, -0.05) is 48.0 Å². The third-order valence-electron chi connectivity index (χ3n) is 3.79. The Bertz CT molecular complexity index is 1000. The number of anilines is 1. The lowest BCUT2D eigenvalue weighted by molar-refractivity contribution is 0.102. The van der Waals surface area contributed by atoms with Crippen LogP contribution < -0.4 is 14.8 Å². The zero-order valence-corrected chi connectivity index (χ0v) is 15.8. The second-order valence-corrected chi connectivity index (χ2v) is 6.51. The second kappa shape index (κ2) is 7.72. The Morgan fingerprint density at radius 1 is 1.08 bits per heavy atom. The van der Waals surface area contributed by atoms with Gasteiger partial charge in [-0.05, 0) is 30.4 Å². The van der Waals surface area contributed by atoms with Crippen molar-refractivity contribution in [1.29, 1.82) is 0 Å². The number of hydrogen-bond donors (Lipinski definition) is 1. The Labute approximate surface area is 161 Å². The topological polar surface area (TPSA) is 47.6 Å². The van der Waals surface area contributed by atoms with Gasteiger partial charge in [-0.15, -0.1) is 0 Å². The molecule has 0 aromatic heterocycles. The number of nitrogens with one attached hydrogen (secondary N) is 1. The number of ether oxygens (including phenoxy) is 2. The first-order valence-electron chi connectivity index (χ1n) is 7.85. The van der Waals surface area contributed by atoms with Gasteiger partial charge in [0.15, 0.2) is 5.05 Å². The third-order valence-corrected chi connectivity index (χ3v) is 4.20. The van der Waals surface area contributed by atoms with Gasteiger partial charge in [0, 0.05) is 17.7 Å². The maximum atomic E-state index is 12.9. The number of benzene rings is 3. The average Bonchev–Trinajstić information content (AvgIpc) is 2.63. The SMILES string of the molecule is COc1cc(C(=O)Nc2ccccc2Cl)c(OC(C)=S)c2ccccc12. The number of methoxy groups -OCH3 is 1. The summed E-state index contributed by atoms with van der Waals surface area (Å²) in [4.78, 5) is 12.9. The summed E-state index contributed by atoms with van der Waals surface area (Å²) in [5, 5.41) is 5.13. The molecule has 0 saturated carbocycles. The Kier molecular flexibility index (Phi) is 5.40. The number of hydrogen-bond acceptors (Lipinski definition) is 4. The number of para-hydroxylation sites is 1. The first-order chi connectivity index (χ1) is 12.5. The van der Waals surface area contributed by atoms with Gasteiger partial charge in [-0.2, -0.15) is 0 Å². The smallest absolute Gasteiger partial charge is 0.259 e. The van der Waals surface area contributed by atoms with Crippen LogP contribution in [0.3, 0.4) is 0 Å². The molecule has 0 bridgehead atoms. The fourth-order valence-corrected chi connectivity index (χ4v) is 2.93. The van der Waals surface area contributed by atoms with Crippen molar-refractivity contribution < 1.29 is 14.3 Å². The molecule has 0 atom stereocenters. The molecule has 132 valence electrons. The quantitative estimate of drug-likeness (QED) is 0.604. The van der Waals surface area contributed by atoms with Crippen LogP contribution in [-0.2, 0) is 0 Å². The molecule has 1 N–H and O–H groups in total. The molecule has 6 heteroatoms. The van der Waals surface area contributed by atoms with E-state index in [0.717, 1.165) is 10.8 Å². The normalized spacial score (nSPS) is 10.4. The van der Waals surface area contributed by atoms with Crippen LogP contribution in [0.5, 0.6) is 11.5 Å². The van der Waals surface area contributed by atoms with Crippen molar-refractivity contribution in [3.63, 3.8) is 0 Å². The summed E-state index contributed by atoms with van der Waals surface area (Å²) >= 11 is 11.2. The molecule has 3 rings (SSSR count). The zero-order chi connectivity index (χ0) is 18.7. The summed E-state index contributed by atoms with van der Waals surface area (Å²) in [6.45, 7) is 1.66. The molecule has 1 amide bonds. The average molecular weight is 386 g/mol. The van der Waals surface area contributed by atoms with E-state index in [9.17, 15) is 4.79 Å². The first kappa shape index (κ1) is 18.2. The van der Waals surface area contributed by atoms with E-state index in [4.69, 9.17) is 33.3 Å². The predicted molar refractivity (Wildman–Crippen MR) is 109 cm³/mol. The Balaban J connectivity index is 2.15. The van der Waals surface area contributed by atoms with E-state index in [1.54, 1.807) is 44.4 Å². The Hall–Kier alpha value is -2.63. The number of rotatable bonds is 4. The fraction of sp³-hybridized carbons (Fsp3) is 0.100. The van der Waals surface area contributed by atoms with Gasteiger partial charge >= 0.3 is 0 Å². The van der Waals surface area contributed by atoms with Crippen molar-refractivity contribution in [2.75, 3.05) is 12.4 Å². The van der Waals surface area contributed by atoms with Crippen LogP contribution in [0.1, 0.15) is 17.3 Å². The highest BCUT2D eigenvalue weighted by Crippen LogP contribution is 2.37. The van der Waals surface area contributed by atoms with Crippen molar-refractivity contribution in [2.45, 2.75) is 6.92 Å². The molecule has 0 unspecified atom stereocenters. The summed E-state index contributed by atoms with van der Waals surface area (Å²) in [5.74, 6) is 0.589. The minimum Gasteiger partial charge on any atom is -0.496 e. The van der Waals surface area contributed by atoms with E-state index in [1.807, 2.05) is 24.3 Å². The molecule has 0 spiro atoms. The van der Waals surface area contributed by atoms with Gasteiger partial charge in [0.25, 0.3) is 5.91 Å². The van der Waals surface area contributed by atoms with Crippen LogP contribution in [0.2, 0.25) is 5.02 Å². The summed E-state index contributed by atoms with van der Waals surface area (Å²) < 4.78 is 11.2. The van der Waals surface area contributed by atoms with Crippen LogP contribution >= 0.6 is 23.8 Å². The number of fused-ring (bicyclic) bond motifs is 1. The van der Waals surface area contributed by atoms with E-state index in [0.29, 0.717) is 32.8 Å². The molecule has 0 aliphatic carbocycles. The lowest BCUT2D eigenvalue weighted by Crippen LogP contribution is -2.15. The maximum Gasteiger partial charge on any atom is 0.259 e. The number of halogens is 1. The van der Waals surface area contributed by atoms with Gasteiger partial charge in [0.1, 0.15) is 11.5 Å². The van der Waals surface area contributed by atoms with E-state index in [1.165, 1.54) is 0 Å². The molecule has 0 saturated heterocycles. The van der Waals surface area contributed by atoms with E-state index >= 15 is 0 Å². The van der Waals surface area contributed by atoms with E-state index in [2.05, 4.69) is 5.32 Å². The summed E-state index contributed by atoms with van der Waals surface area (Å²) in [6, 6.07) is 16.2. The standard InChI is InChI=1S/C20H16ClNO3S/c1-12(26)25-19-14-8-4-3-7-13(14)18(24-2)11-15(19)20(23)22-17-10-6-5-9-16(17)21/h3-11H,1-2H3,(H,22,23). The predicted octanol–water partition coefficient (Wildman–Crippen LogP) is 5.48. The summed E-state index contributed by atoms with van der Waals surface area (Å²) in [7, 11) is 1.56. The molecular formula is C20H16ClNO3S. The highest BCUT2D eigenvalue weighted by molar-refractivity contribution is 7.80. The lowest BCUT2D eigenvalue weighted by atomic mass is 10.0. The van der Waals surface area contributed by atoms with Crippen LogP contribution in [-0.4, -0.2) is 18.1 Å². The highest BCUT2D eigenvalue weighted by atomic mass is 35.5. The second-order valence-electron chi connectivity index (χ2n) is 5.53. The molecule has 0 heterocycles. The van der Waals surface area contributed by atoms with Crippen LogP contribution in [0.25, 0.3) is 10.8 Å². The minimum atomic E-state index is -0.367. The van der Waals surface area contributed by atoms with Crippen LogP contribution in [0.15, 0.2) is 54.6 Å². The monoisotopic (exact) mass is 385 g/mol. The van der Waals surface area contributed by atoms with E-state index < -0.39 is 0 Å². The number of thiocarbonyl (C=S) groups is 1. The Morgan fingerprint density at radius 2 is 1.73 bits per heavy atom. The molecule has 0 radical (unpaired) electrons. The van der Waals surface area contributed by atoms with Gasteiger partial charge < -0.3 is 14.8 Å². The summed E-state index contributed by atoms with van der Waals surface area (Å²) in [6.07, 6.45) is 0. The van der Waals surface area contributed by atoms with Crippen LogP contribution in [0, 0.1) is 0 Å². The molecule has 0 fully saturated rings. The van der Waals surface area contributed by atoms with Crippen molar-refractivity contribution in [3.8, 4) is 11.5 Å². The number of carbonyl (C=O) groups excluding carboxylic acids is 1. The molecule has 3 aromatic carbocycles. The molecule has 0 aliphatic heterocycles. The molecule has 26 heavy (non-hydrogen) atoms. The van der Waals surface area contributed by atoms with Crippen molar-refractivity contribution in [2.24, 2.45) is 0 Å². The van der Waals surface area contributed by atoms with Crippen molar-refractivity contribution in [1.82, 2.24) is 0 Å². The molecule has 0 aliphatic rings. The van der Waals surface area contributed by atoms with Crippen molar-refractivity contribution in [3.05, 3.63) is 65.2 Å². The number of amides is 1. The molecular weight excluding hydrogens is 370 g/mol. The fourth-order valence-electron chi connectivity index (χ4n) is 2.66. The highest BCUT2D eigenvalue weighted by Gasteiger charge is 2.20. The van der Waals surface area contributed by atoms with Gasteiger partial charge in [-0.3, -0.25) is 4.79 Å². The first-order valence-corrected chi connectivity index (χ1v) is 8.64. The Morgan fingerprint density at radius 3 is 2.38 bits per heavy atom. The van der Waals surface area contributed by atoms with Gasteiger partial charge in [-0.25, -0.2) is 0 Å². The van der Waals surface area contributed by atoms with Crippen LogP contribution in [0.4, 0.5) is 5.69 Å². The van der Waals surface area contributed by atoms with E-state index in [-0.39, 0.29) is 5.91 Å². The number of carbonyl (C=O) groups is 1. The maximum absolute atomic E-state index is 12.9. The zero-order valence-electron chi connectivity index (χ0n) is 14.2. The molecule has 4 nitrogen and oxygen atoms in total. The molecule has 3 aromatic rings. The third kappa shape index (κ3) is 3.64. The summed E-state index contributed by atoms with van der Waals surface area (Å²) in [5.41, 5.74) is 0.820. The van der Waals surface area contributed by atoms with Crippen molar-refractivity contribution >= 4 is 51.2 Å².